The highest BCUT2D eigenvalue weighted by Crippen LogP contribution is 2.40. The summed E-state index contributed by atoms with van der Waals surface area (Å²) in [5, 5.41) is 3.61. The Hall–Kier alpha value is -0.0800. The SMILES string of the molecule is CCCNCC1(CC2CCCC2)CCOC1. The topological polar surface area (TPSA) is 21.3 Å². The van der Waals surface area contributed by atoms with E-state index in [1.54, 1.807) is 0 Å². The molecule has 1 heterocycles. The summed E-state index contributed by atoms with van der Waals surface area (Å²) >= 11 is 0. The molecule has 1 N–H and O–H groups in total. The maximum atomic E-state index is 5.66. The molecule has 1 saturated carbocycles. The molecular formula is C14H27NO. The van der Waals surface area contributed by atoms with Crippen LogP contribution in [0.5, 0.6) is 0 Å². The van der Waals surface area contributed by atoms with Gasteiger partial charge in [0.15, 0.2) is 0 Å². The number of hydrogen-bond acceptors (Lipinski definition) is 2. The van der Waals surface area contributed by atoms with Crippen molar-refractivity contribution in [2.45, 2.75) is 51.9 Å². The van der Waals surface area contributed by atoms with Gasteiger partial charge in [0, 0.05) is 18.6 Å². The molecule has 94 valence electrons. The predicted octanol–water partition coefficient (Wildman–Crippen LogP) is 2.97. The summed E-state index contributed by atoms with van der Waals surface area (Å²) in [7, 11) is 0. The van der Waals surface area contributed by atoms with Crippen LogP contribution in [-0.2, 0) is 4.74 Å². The van der Waals surface area contributed by atoms with Gasteiger partial charge in [-0.15, -0.1) is 0 Å². The molecule has 2 heteroatoms. The molecule has 2 rings (SSSR count). The van der Waals surface area contributed by atoms with Crippen LogP contribution >= 0.6 is 0 Å². The minimum atomic E-state index is 0.476. The Bertz CT molecular complexity index is 193. The Balaban J connectivity index is 1.82. The van der Waals surface area contributed by atoms with Gasteiger partial charge < -0.3 is 10.1 Å². The van der Waals surface area contributed by atoms with Crippen LogP contribution in [0, 0.1) is 11.3 Å². The minimum Gasteiger partial charge on any atom is -0.381 e. The van der Waals surface area contributed by atoms with E-state index in [2.05, 4.69) is 12.2 Å². The van der Waals surface area contributed by atoms with Gasteiger partial charge in [-0.25, -0.2) is 0 Å². The molecule has 1 atom stereocenters. The maximum Gasteiger partial charge on any atom is 0.0535 e. The second-order valence-electron chi connectivity index (χ2n) is 5.83. The van der Waals surface area contributed by atoms with Crippen LogP contribution < -0.4 is 5.32 Å². The zero-order valence-corrected chi connectivity index (χ0v) is 10.8. The normalized spacial score (nSPS) is 31.3. The van der Waals surface area contributed by atoms with Gasteiger partial charge in [0.1, 0.15) is 0 Å². The highest BCUT2D eigenvalue weighted by Gasteiger charge is 2.37. The first-order valence-corrected chi connectivity index (χ1v) is 7.13. The molecule has 0 aromatic rings. The third-order valence-corrected chi connectivity index (χ3v) is 4.31. The molecule has 0 radical (unpaired) electrons. The van der Waals surface area contributed by atoms with Crippen molar-refractivity contribution in [1.82, 2.24) is 5.32 Å². The Kier molecular flexibility index (Phi) is 4.66. The van der Waals surface area contributed by atoms with Crippen LogP contribution in [0.15, 0.2) is 0 Å². The van der Waals surface area contributed by atoms with Crippen molar-refractivity contribution in [2.24, 2.45) is 11.3 Å². The number of rotatable bonds is 6. The highest BCUT2D eigenvalue weighted by molar-refractivity contribution is 4.88. The van der Waals surface area contributed by atoms with Gasteiger partial charge in [0.25, 0.3) is 0 Å². The molecule has 0 amide bonds. The van der Waals surface area contributed by atoms with E-state index >= 15 is 0 Å². The molecule has 1 aliphatic heterocycles. The Labute approximate surface area is 100 Å². The second-order valence-corrected chi connectivity index (χ2v) is 5.83. The van der Waals surface area contributed by atoms with E-state index in [4.69, 9.17) is 4.74 Å². The molecule has 16 heavy (non-hydrogen) atoms. The van der Waals surface area contributed by atoms with Crippen molar-refractivity contribution < 1.29 is 4.74 Å². The van der Waals surface area contributed by atoms with Crippen molar-refractivity contribution in [3.63, 3.8) is 0 Å². The average molecular weight is 225 g/mol. The summed E-state index contributed by atoms with van der Waals surface area (Å²) in [5.74, 6) is 0.991. The van der Waals surface area contributed by atoms with Crippen molar-refractivity contribution in [3.05, 3.63) is 0 Å². The lowest BCUT2D eigenvalue weighted by atomic mass is 9.78. The molecule has 0 aromatic carbocycles. The molecular weight excluding hydrogens is 198 g/mol. The van der Waals surface area contributed by atoms with Gasteiger partial charge in [-0.05, 0) is 31.7 Å². The first-order chi connectivity index (χ1) is 7.85. The fourth-order valence-corrected chi connectivity index (χ4v) is 3.38. The van der Waals surface area contributed by atoms with Gasteiger partial charge in [0.2, 0.25) is 0 Å². The third-order valence-electron chi connectivity index (χ3n) is 4.31. The van der Waals surface area contributed by atoms with Gasteiger partial charge >= 0.3 is 0 Å². The summed E-state index contributed by atoms with van der Waals surface area (Å²) in [6.07, 6.45) is 9.78. The number of ether oxygens (including phenoxy) is 1. The number of hydrogen-bond donors (Lipinski definition) is 1. The van der Waals surface area contributed by atoms with Crippen LogP contribution in [0.1, 0.15) is 51.9 Å². The summed E-state index contributed by atoms with van der Waals surface area (Å²) < 4.78 is 5.66. The molecule has 2 aliphatic rings. The van der Waals surface area contributed by atoms with Crippen LogP contribution in [0.3, 0.4) is 0 Å². The molecule has 0 bridgehead atoms. The van der Waals surface area contributed by atoms with Crippen molar-refractivity contribution in [1.29, 1.82) is 0 Å². The van der Waals surface area contributed by atoms with Gasteiger partial charge in [0.05, 0.1) is 6.61 Å². The lowest BCUT2D eigenvalue weighted by Gasteiger charge is -2.30. The van der Waals surface area contributed by atoms with Gasteiger partial charge in [-0.3, -0.25) is 0 Å². The van der Waals surface area contributed by atoms with Gasteiger partial charge in [-0.1, -0.05) is 32.6 Å². The molecule has 2 fully saturated rings. The molecule has 2 nitrogen and oxygen atoms in total. The first-order valence-electron chi connectivity index (χ1n) is 7.13. The number of nitrogens with one attached hydrogen (secondary N) is 1. The van der Waals surface area contributed by atoms with Crippen LogP contribution in [0.2, 0.25) is 0 Å². The highest BCUT2D eigenvalue weighted by atomic mass is 16.5. The predicted molar refractivity (Wildman–Crippen MR) is 67.6 cm³/mol. The van der Waals surface area contributed by atoms with Crippen molar-refractivity contribution >= 4 is 0 Å². The lowest BCUT2D eigenvalue weighted by molar-refractivity contribution is 0.131. The van der Waals surface area contributed by atoms with E-state index in [0.29, 0.717) is 5.41 Å². The van der Waals surface area contributed by atoms with Crippen LogP contribution in [0.4, 0.5) is 0 Å². The van der Waals surface area contributed by atoms with Crippen LogP contribution in [0.25, 0.3) is 0 Å². The van der Waals surface area contributed by atoms with Crippen LogP contribution in [-0.4, -0.2) is 26.3 Å². The largest absolute Gasteiger partial charge is 0.381 e. The van der Waals surface area contributed by atoms with E-state index in [0.717, 1.165) is 25.7 Å². The van der Waals surface area contributed by atoms with E-state index in [9.17, 15) is 0 Å². The quantitative estimate of drug-likeness (QED) is 0.702. The summed E-state index contributed by atoms with van der Waals surface area (Å²) in [6, 6.07) is 0. The average Bonchev–Trinajstić information content (AvgIpc) is 2.91. The Morgan fingerprint density at radius 3 is 2.75 bits per heavy atom. The van der Waals surface area contributed by atoms with Gasteiger partial charge in [-0.2, -0.15) is 0 Å². The van der Waals surface area contributed by atoms with E-state index in [1.165, 1.54) is 51.5 Å². The first kappa shape index (κ1) is 12.4. The fraction of sp³-hybridized carbons (Fsp3) is 1.00. The van der Waals surface area contributed by atoms with Crippen molar-refractivity contribution in [3.8, 4) is 0 Å². The molecule has 1 aliphatic carbocycles. The van der Waals surface area contributed by atoms with E-state index in [1.807, 2.05) is 0 Å². The lowest BCUT2D eigenvalue weighted by Crippen LogP contribution is -2.36. The zero-order valence-electron chi connectivity index (χ0n) is 10.8. The monoisotopic (exact) mass is 225 g/mol. The molecule has 1 unspecified atom stereocenters. The molecule has 0 spiro atoms. The second kappa shape index (κ2) is 6.02. The zero-order chi connectivity index (χ0) is 11.3. The Morgan fingerprint density at radius 1 is 1.31 bits per heavy atom. The molecule has 0 aromatic heterocycles. The third kappa shape index (κ3) is 3.21. The summed E-state index contributed by atoms with van der Waals surface area (Å²) in [6.45, 7) is 6.56. The summed E-state index contributed by atoms with van der Waals surface area (Å²) in [4.78, 5) is 0. The fourth-order valence-electron chi connectivity index (χ4n) is 3.38. The smallest absolute Gasteiger partial charge is 0.0535 e. The molecule has 1 saturated heterocycles. The maximum absolute atomic E-state index is 5.66. The van der Waals surface area contributed by atoms with E-state index < -0.39 is 0 Å². The Morgan fingerprint density at radius 2 is 2.12 bits per heavy atom. The van der Waals surface area contributed by atoms with Crippen molar-refractivity contribution in [2.75, 3.05) is 26.3 Å². The standard InChI is InChI=1S/C14H27NO/c1-2-8-15-11-14(7-9-16-12-14)10-13-5-3-4-6-13/h13,15H,2-12H2,1H3. The summed E-state index contributed by atoms with van der Waals surface area (Å²) in [5.41, 5.74) is 0.476. The minimum absolute atomic E-state index is 0.476. The van der Waals surface area contributed by atoms with E-state index in [-0.39, 0.29) is 0 Å².